The molecule has 4 atom stereocenters. The number of fused-ring (bicyclic) bond motifs is 4. The van der Waals surface area contributed by atoms with Crippen molar-refractivity contribution in [3.63, 3.8) is 0 Å². The second-order valence-corrected chi connectivity index (χ2v) is 9.13. The van der Waals surface area contributed by atoms with Crippen molar-refractivity contribution in [1.82, 2.24) is 4.90 Å². The van der Waals surface area contributed by atoms with Gasteiger partial charge in [-0.2, -0.15) is 0 Å². The van der Waals surface area contributed by atoms with E-state index in [4.69, 9.17) is 14.2 Å². The second kappa shape index (κ2) is 7.07. The molecule has 4 heterocycles. The van der Waals surface area contributed by atoms with Gasteiger partial charge in [0.05, 0.1) is 38.5 Å². The van der Waals surface area contributed by atoms with Crippen molar-refractivity contribution in [2.45, 2.75) is 42.2 Å². The van der Waals surface area contributed by atoms with Gasteiger partial charge in [0.25, 0.3) is 0 Å². The predicted octanol–water partition coefficient (Wildman–Crippen LogP) is 2.41. The number of anilines is 1. The maximum atomic E-state index is 13.8. The summed E-state index contributed by atoms with van der Waals surface area (Å²) in [5, 5.41) is 0. The molecule has 1 aromatic carbocycles. The van der Waals surface area contributed by atoms with Crippen molar-refractivity contribution in [3.05, 3.63) is 42.0 Å². The highest BCUT2D eigenvalue weighted by atomic mass is 16.5. The predicted molar refractivity (Wildman–Crippen MR) is 115 cm³/mol. The van der Waals surface area contributed by atoms with E-state index in [0.717, 1.165) is 6.54 Å². The number of benzene rings is 1. The summed E-state index contributed by atoms with van der Waals surface area (Å²) in [6.45, 7) is 1.40. The number of esters is 2. The van der Waals surface area contributed by atoms with E-state index in [1.807, 2.05) is 24.3 Å². The van der Waals surface area contributed by atoms with Crippen LogP contribution in [-0.2, 0) is 29.2 Å². The zero-order valence-corrected chi connectivity index (χ0v) is 18.6. The lowest BCUT2D eigenvalue weighted by molar-refractivity contribution is -0.164. The molecule has 1 aliphatic carbocycles. The van der Waals surface area contributed by atoms with E-state index in [1.54, 1.807) is 4.90 Å². The summed E-state index contributed by atoms with van der Waals surface area (Å²) in [4.78, 5) is 44.4. The van der Waals surface area contributed by atoms with E-state index >= 15 is 0 Å². The number of nitrogens with zero attached hydrogens (tertiary/aromatic N) is 2. The summed E-state index contributed by atoms with van der Waals surface area (Å²) < 4.78 is 15.9. The molecule has 4 aliphatic heterocycles. The normalized spacial score (nSPS) is 34.7. The van der Waals surface area contributed by atoms with Crippen LogP contribution in [-0.4, -0.2) is 68.4 Å². The smallest absolute Gasteiger partial charge is 0.414 e. The monoisotopic (exact) mass is 440 g/mol. The van der Waals surface area contributed by atoms with Crippen LogP contribution in [0.4, 0.5) is 10.5 Å². The average Bonchev–Trinajstić information content (AvgIpc) is 3.30. The number of hydrogen-bond acceptors (Lipinski definition) is 7. The summed E-state index contributed by atoms with van der Waals surface area (Å²) >= 11 is 0. The number of amides is 1. The van der Waals surface area contributed by atoms with Gasteiger partial charge in [0.2, 0.25) is 0 Å². The molecule has 0 aromatic heterocycles. The Balaban J connectivity index is 1.86. The van der Waals surface area contributed by atoms with Crippen LogP contribution in [0.1, 0.15) is 31.2 Å². The van der Waals surface area contributed by atoms with Gasteiger partial charge < -0.3 is 14.2 Å². The molecular weight excluding hydrogens is 412 g/mol. The molecule has 0 N–H and O–H groups in total. The standard InChI is InChI=1S/C24H28N2O6/c1-30-19(27)17-15-22-9-6-13-25(22)14-12-23(20(28)31-2)16-7-4-5-8-18(16)26(21(29)32-3)24(17,23)11-10-22/h4-9,17H,10-15H2,1-3H3/t17-,22-,23-,24-/m0/s1. The fourth-order valence-corrected chi connectivity index (χ4v) is 7.08. The van der Waals surface area contributed by atoms with Crippen molar-refractivity contribution in [3.8, 4) is 0 Å². The highest BCUT2D eigenvalue weighted by Crippen LogP contribution is 2.65. The molecule has 6 rings (SSSR count). The minimum absolute atomic E-state index is 0.289. The average molecular weight is 440 g/mol. The Morgan fingerprint density at radius 2 is 1.78 bits per heavy atom. The zero-order valence-electron chi connectivity index (χ0n) is 18.6. The van der Waals surface area contributed by atoms with E-state index in [-0.39, 0.29) is 5.54 Å². The molecule has 2 saturated heterocycles. The van der Waals surface area contributed by atoms with Crippen LogP contribution in [0, 0.1) is 5.92 Å². The zero-order chi connectivity index (χ0) is 22.7. The maximum absolute atomic E-state index is 13.8. The van der Waals surface area contributed by atoms with Gasteiger partial charge in [0, 0.05) is 18.6 Å². The molecule has 0 unspecified atom stereocenters. The Labute approximate surface area is 187 Å². The second-order valence-electron chi connectivity index (χ2n) is 9.13. The fourth-order valence-electron chi connectivity index (χ4n) is 7.08. The molecule has 0 radical (unpaired) electrons. The van der Waals surface area contributed by atoms with Gasteiger partial charge in [-0.25, -0.2) is 4.79 Å². The van der Waals surface area contributed by atoms with Crippen LogP contribution in [0.25, 0.3) is 0 Å². The largest absolute Gasteiger partial charge is 0.469 e. The number of ether oxygens (including phenoxy) is 3. The number of para-hydroxylation sites is 1. The van der Waals surface area contributed by atoms with E-state index in [9.17, 15) is 14.4 Å². The van der Waals surface area contributed by atoms with Gasteiger partial charge in [0.1, 0.15) is 5.41 Å². The Morgan fingerprint density at radius 1 is 1.00 bits per heavy atom. The highest BCUT2D eigenvalue weighted by Gasteiger charge is 2.75. The summed E-state index contributed by atoms with van der Waals surface area (Å²) in [6.07, 6.45) is 5.74. The van der Waals surface area contributed by atoms with Gasteiger partial charge in [-0.15, -0.1) is 0 Å². The quantitative estimate of drug-likeness (QED) is 0.397. The first-order chi connectivity index (χ1) is 15.4. The van der Waals surface area contributed by atoms with Gasteiger partial charge in [-0.05, 0) is 37.3 Å². The Hall–Kier alpha value is -2.87. The van der Waals surface area contributed by atoms with Crippen LogP contribution in [0.15, 0.2) is 36.4 Å². The van der Waals surface area contributed by atoms with E-state index in [0.29, 0.717) is 43.5 Å². The number of hydrogen-bond donors (Lipinski definition) is 0. The van der Waals surface area contributed by atoms with Crippen LogP contribution in [0.5, 0.6) is 0 Å². The molecular formula is C24H28N2O6. The lowest BCUT2D eigenvalue weighted by atomic mass is 9.51. The van der Waals surface area contributed by atoms with Crippen molar-refractivity contribution in [2.24, 2.45) is 5.92 Å². The molecule has 1 aromatic rings. The fraction of sp³-hybridized carbons (Fsp3) is 0.542. The Kier molecular flexibility index (Phi) is 4.64. The summed E-state index contributed by atoms with van der Waals surface area (Å²) in [6, 6.07) is 7.37. The number of carbonyl (C=O) groups excluding carboxylic acids is 3. The first-order valence-corrected chi connectivity index (χ1v) is 11.0. The van der Waals surface area contributed by atoms with Gasteiger partial charge in [0.15, 0.2) is 0 Å². The minimum atomic E-state index is -1.22. The third kappa shape index (κ3) is 2.28. The lowest BCUT2D eigenvalue weighted by Gasteiger charge is -2.60. The molecule has 32 heavy (non-hydrogen) atoms. The van der Waals surface area contributed by atoms with Crippen molar-refractivity contribution >= 4 is 23.7 Å². The minimum Gasteiger partial charge on any atom is -0.469 e. The molecule has 3 fully saturated rings. The third-order valence-electron chi connectivity index (χ3n) is 8.33. The number of methoxy groups -OCH3 is 3. The van der Waals surface area contributed by atoms with Crippen molar-refractivity contribution in [1.29, 1.82) is 0 Å². The molecule has 8 heteroatoms. The number of carbonyl (C=O) groups is 3. The van der Waals surface area contributed by atoms with Gasteiger partial charge in [-0.1, -0.05) is 30.4 Å². The van der Waals surface area contributed by atoms with E-state index < -0.39 is 34.9 Å². The Bertz CT molecular complexity index is 1020. The molecule has 170 valence electrons. The maximum Gasteiger partial charge on any atom is 0.414 e. The molecule has 2 spiro atoms. The summed E-state index contributed by atoms with van der Waals surface area (Å²) in [5.41, 5.74) is -1.40. The molecule has 1 saturated carbocycles. The van der Waals surface area contributed by atoms with Crippen LogP contribution in [0.3, 0.4) is 0 Å². The lowest BCUT2D eigenvalue weighted by Crippen LogP contribution is -2.74. The van der Waals surface area contributed by atoms with Crippen molar-refractivity contribution in [2.75, 3.05) is 39.3 Å². The van der Waals surface area contributed by atoms with Gasteiger partial charge in [-0.3, -0.25) is 19.4 Å². The topological polar surface area (TPSA) is 85.4 Å². The van der Waals surface area contributed by atoms with Crippen molar-refractivity contribution < 1.29 is 28.6 Å². The Morgan fingerprint density at radius 3 is 2.50 bits per heavy atom. The summed E-state index contributed by atoms with van der Waals surface area (Å²) in [5.74, 6) is -1.61. The molecule has 8 nitrogen and oxygen atoms in total. The van der Waals surface area contributed by atoms with Crippen LogP contribution < -0.4 is 4.90 Å². The first kappa shape index (κ1) is 21.0. The SMILES string of the molecule is COC(=O)[C@@H]1C[C@@]23C=CCN2CC[C@@]2(C(=O)OC)c4ccccc4N(C(=O)OC)[C@@]12CC3. The molecule has 2 bridgehead atoms. The van der Waals surface area contributed by atoms with Gasteiger partial charge >= 0.3 is 18.0 Å². The first-order valence-electron chi connectivity index (χ1n) is 11.0. The third-order valence-corrected chi connectivity index (χ3v) is 8.33. The van der Waals surface area contributed by atoms with E-state index in [2.05, 4.69) is 17.1 Å². The highest BCUT2D eigenvalue weighted by molar-refractivity contribution is 6.03. The van der Waals surface area contributed by atoms with E-state index in [1.165, 1.54) is 21.3 Å². The van der Waals surface area contributed by atoms with Crippen LogP contribution in [0.2, 0.25) is 0 Å². The number of rotatable bonds is 2. The molecule has 1 amide bonds. The van der Waals surface area contributed by atoms with Crippen LogP contribution >= 0.6 is 0 Å². The summed E-state index contributed by atoms with van der Waals surface area (Å²) in [7, 11) is 4.04. The molecule has 5 aliphatic rings.